The number of carbonyl (C=O) groups is 3. The lowest BCUT2D eigenvalue weighted by Gasteiger charge is -2.22. The molecule has 150 valence electrons. The standard InChI is InChI=1S/C23H25N3O3/c1-14-8-9-15(2)18(12-14)16(3)24-20(27)13-26-21(28)23(25-22(26)29)11-10-17-6-4-5-7-19(17)23/h4-9,12,16H,10-11,13H2,1-3H3,(H,24,27)(H,25,29). The van der Waals surface area contributed by atoms with Gasteiger partial charge in [-0.3, -0.25) is 14.5 Å². The first-order chi connectivity index (χ1) is 13.8. The lowest BCUT2D eigenvalue weighted by Crippen LogP contribution is -2.44. The van der Waals surface area contributed by atoms with Gasteiger partial charge >= 0.3 is 6.03 Å². The minimum absolute atomic E-state index is 0.218. The molecule has 0 aromatic heterocycles. The normalized spacial score (nSPS) is 21.3. The Bertz CT molecular complexity index is 1020. The van der Waals surface area contributed by atoms with Crippen LogP contribution in [0.15, 0.2) is 42.5 Å². The molecule has 0 saturated carbocycles. The molecule has 0 bridgehead atoms. The third-order valence-electron chi connectivity index (χ3n) is 6.00. The molecule has 2 aliphatic rings. The van der Waals surface area contributed by atoms with Gasteiger partial charge in [-0.2, -0.15) is 0 Å². The SMILES string of the molecule is Cc1ccc(C)c(C(C)NC(=O)CN2C(=O)NC3(CCc4ccccc43)C2=O)c1. The van der Waals surface area contributed by atoms with Crippen molar-refractivity contribution in [1.82, 2.24) is 15.5 Å². The van der Waals surface area contributed by atoms with Crippen molar-refractivity contribution in [3.63, 3.8) is 0 Å². The van der Waals surface area contributed by atoms with Crippen LogP contribution in [0.4, 0.5) is 4.79 Å². The molecule has 2 atom stereocenters. The van der Waals surface area contributed by atoms with E-state index in [1.165, 1.54) is 0 Å². The molecule has 6 nitrogen and oxygen atoms in total. The number of fused-ring (bicyclic) bond motifs is 2. The molecule has 1 aliphatic carbocycles. The lowest BCUT2D eigenvalue weighted by atomic mass is 9.92. The molecule has 0 radical (unpaired) electrons. The van der Waals surface area contributed by atoms with Crippen molar-refractivity contribution in [1.29, 1.82) is 0 Å². The van der Waals surface area contributed by atoms with E-state index in [-0.39, 0.29) is 24.4 Å². The third kappa shape index (κ3) is 3.18. The van der Waals surface area contributed by atoms with Crippen LogP contribution in [0.25, 0.3) is 0 Å². The van der Waals surface area contributed by atoms with Crippen molar-refractivity contribution < 1.29 is 14.4 Å². The van der Waals surface area contributed by atoms with E-state index in [0.717, 1.165) is 39.1 Å². The fourth-order valence-corrected chi connectivity index (χ4v) is 4.47. The van der Waals surface area contributed by atoms with Crippen LogP contribution in [-0.2, 0) is 21.5 Å². The smallest absolute Gasteiger partial charge is 0.325 e. The maximum absolute atomic E-state index is 13.2. The fraction of sp³-hybridized carbons (Fsp3) is 0.348. The third-order valence-corrected chi connectivity index (χ3v) is 6.00. The summed E-state index contributed by atoms with van der Waals surface area (Å²) in [5, 5.41) is 5.77. The summed E-state index contributed by atoms with van der Waals surface area (Å²) in [5.74, 6) is -0.702. The molecule has 1 spiro atoms. The molecule has 2 unspecified atom stereocenters. The number of aryl methyl sites for hydroxylation is 3. The number of nitrogens with one attached hydrogen (secondary N) is 2. The zero-order chi connectivity index (χ0) is 20.8. The van der Waals surface area contributed by atoms with Gasteiger partial charge in [0.15, 0.2) is 0 Å². The van der Waals surface area contributed by atoms with Crippen LogP contribution in [0.3, 0.4) is 0 Å². The van der Waals surface area contributed by atoms with E-state index < -0.39 is 11.6 Å². The van der Waals surface area contributed by atoms with E-state index in [4.69, 9.17) is 0 Å². The van der Waals surface area contributed by atoms with Crippen LogP contribution in [0.2, 0.25) is 0 Å². The Kier molecular flexibility index (Phi) is 4.65. The van der Waals surface area contributed by atoms with Gasteiger partial charge in [-0.05, 0) is 55.9 Å². The molecule has 1 fully saturated rings. The van der Waals surface area contributed by atoms with Crippen molar-refractivity contribution in [2.45, 2.75) is 45.2 Å². The van der Waals surface area contributed by atoms with Gasteiger partial charge in [-0.25, -0.2) is 4.79 Å². The number of hydrogen-bond donors (Lipinski definition) is 2. The molecular weight excluding hydrogens is 366 g/mol. The number of hydrogen-bond acceptors (Lipinski definition) is 3. The monoisotopic (exact) mass is 391 g/mol. The summed E-state index contributed by atoms with van der Waals surface area (Å²) in [6, 6.07) is 13.0. The summed E-state index contributed by atoms with van der Waals surface area (Å²) in [4.78, 5) is 39.4. The fourth-order valence-electron chi connectivity index (χ4n) is 4.47. The second-order valence-electron chi connectivity index (χ2n) is 8.03. The van der Waals surface area contributed by atoms with E-state index in [9.17, 15) is 14.4 Å². The summed E-state index contributed by atoms with van der Waals surface area (Å²) < 4.78 is 0. The molecule has 29 heavy (non-hydrogen) atoms. The van der Waals surface area contributed by atoms with Crippen LogP contribution in [-0.4, -0.2) is 29.3 Å². The summed E-state index contributed by atoms with van der Waals surface area (Å²) in [7, 11) is 0. The number of imide groups is 1. The highest BCUT2D eigenvalue weighted by atomic mass is 16.2. The number of carbonyl (C=O) groups excluding carboxylic acids is 3. The van der Waals surface area contributed by atoms with Gasteiger partial charge in [0.05, 0.1) is 6.04 Å². The molecule has 2 aromatic rings. The molecule has 4 amide bonds. The number of urea groups is 1. The highest BCUT2D eigenvalue weighted by Gasteiger charge is 2.55. The average molecular weight is 391 g/mol. The minimum Gasteiger partial charge on any atom is -0.348 e. The number of benzene rings is 2. The summed E-state index contributed by atoms with van der Waals surface area (Å²) in [5.41, 5.74) is 4.09. The quantitative estimate of drug-likeness (QED) is 0.787. The molecule has 6 heteroatoms. The maximum Gasteiger partial charge on any atom is 0.325 e. The predicted molar refractivity (Wildman–Crippen MR) is 109 cm³/mol. The number of amides is 4. The Morgan fingerprint density at radius 2 is 1.97 bits per heavy atom. The zero-order valence-electron chi connectivity index (χ0n) is 16.9. The Labute approximate surface area is 170 Å². The van der Waals surface area contributed by atoms with Crippen molar-refractivity contribution in [3.05, 3.63) is 70.3 Å². The van der Waals surface area contributed by atoms with Crippen molar-refractivity contribution in [3.8, 4) is 0 Å². The van der Waals surface area contributed by atoms with Gasteiger partial charge in [0.1, 0.15) is 12.1 Å². The molecule has 2 aromatic carbocycles. The summed E-state index contributed by atoms with van der Waals surface area (Å²) >= 11 is 0. The highest BCUT2D eigenvalue weighted by molar-refractivity contribution is 6.09. The van der Waals surface area contributed by atoms with Crippen molar-refractivity contribution >= 4 is 17.8 Å². The first-order valence-corrected chi connectivity index (χ1v) is 9.91. The first kappa shape index (κ1) is 19.2. The predicted octanol–water partition coefficient (Wildman–Crippen LogP) is 2.87. The molecule has 1 heterocycles. The number of rotatable bonds is 4. The minimum atomic E-state index is -1.04. The van der Waals surface area contributed by atoms with Gasteiger partial charge in [0.2, 0.25) is 5.91 Å². The highest BCUT2D eigenvalue weighted by Crippen LogP contribution is 2.41. The van der Waals surface area contributed by atoms with E-state index in [1.54, 1.807) is 0 Å². The van der Waals surface area contributed by atoms with Crippen LogP contribution >= 0.6 is 0 Å². The van der Waals surface area contributed by atoms with Gasteiger partial charge in [0.25, 0.3) is 5.91 Å². The van der Waals surface area contributed by atoms with Crippen LogP contribution in [0.5, 0.6) is 0 Å². The van der Waals surface area contributed by atoms with E-state index in [2.05, 4.69) is 10.6 Å². The molecule has 4 rings (SSSR count). The zero-order valence-corrected chi connectivity index (χ0v) is 16.9. The van der Waals surface area contributed by atoms with Crippen LogP contribution in [0.1, 0.15) is 47.2 Å². The lowest BCUT2D eigenvalue weighted by molar-refractivity contribution is -0.135. The Morgan fingerprint density at radius 3 is 2.76 bits per heavy atom. The van der Waals surface area contributed by atoms with Crippen molar-refractivity contribution in [2.24, 2.45) is 0 Å². The second kappa shape index (κ2) is 7.03. The molecule has 2 N–H and O–H groups in total. The first-order valence-electron chi connectivity index (χ1n) is 9.91. The van der Waals surface area contributed by atoms with Crippen LogP contribution in [0, 0.1) is 13.8 Å². The Hall–Kier alpha value is -3.15. The molecule has 1 saturated heterocycles. The van der Waals surface area contributed by atoms with Gasteiger partial charge in [-0.1, -0.05) is 48.0 Å². The van der Waals surface area contributed by atoms with Crippen molar-refractivity contribution in [2.75, 3.05) is 6.54 Å². The van der Waals surface area contributed by atoms with E-state index in [0.29, 0.717) is 6.42 Å². The Morgan fingerprint density at radius 1 is 1.21 bits per heavy atom. The molecule has 1 aliphatic heterocycles. The van der Waals surface area contributed by atoms with E-state index in [1.807, 2.05) is 63.2 Å². The topological polar surface area (TPSA) is 78.5 Å². The molecular formula is C23H25N3O3. The van der Waals surface area contributed by atoms with Crippen LogP contribution < -0.4 is 10.6 Å². The average Bonchev–Trinajstić information content (AvgIpc) is 3.17. The largest absolute Gasteiger partial charge is 0.348 e. The van der Waals surface area contributed by atoms with E-state index >= 15 is 0 Å². The van der Waals surface area contributed by atoms with Gasteiger partial charge in [-0.15, -0.1) is 0 Å². The van der Waals surface area contributed by atoms with Gasteiger partial charge in [0, 0.05) is 0 Å². The summed E-state index contributed by atoms with van der Waals surface area (Å²) in [6.07, 6.45) is 1.25. The Balaban J connectivity index is 1.49. The maximum atomic E-state index is 13.2. The second-order valence-corrected chi connectivity index (χ2v) is 8.03. The number of nitrogens with zero attached hydrogens (tertiary/aromatic N) is 1. The van der Waals surface area contributed by atoms with Gasteiger partial charge < -0.3 is 10.6 Å². The summed E-state index contributed by atoms with van der Waals surface area (Å²) in [6.45, 7) is 5.61.